The molecule has 3 heterocycles. The number of ether oxygens (including phenoxy) is 2. The van der Waals surface area contributed by atoms with Gasteiger partial charge < -0.3 is 24.1 Å². The van der Waals surface area contributed by atoms with Crippen molar-refractivity contribution in [1.29, 1.82) is 0 Å². The number of anilines is 2. The number of nitrogens with one attached hydrogen (secondary N) is 1. The molecule has 2 aliphatic heterocycles. The highest BCUT2D eigenvalue weighted by molar-refractivity contribution is 6.03. The Morgan fingerprint density at radius 2 is 2.00 bits per heavy atom. The van der Waals surface area contributed by atoms with Gasteiger partial charge in [0.05, 0.1) is 25.2 Å². The normalized spacial score (nSPS) is 17.3. The SMILES string of the molecule is O=C(Nc1ccc2c(c1)OCC(=O)N2CCN1CCOCC1)c1ccco1. The van der Waals surface area contributed by atoms with Crippen LogP contribution in [0, 0.1) is 0 Å². The van der Waals surface area contributed by atoms with Crippen LogP contribution >= 0.6 is 0 Å². The van der Waals surface area contributed by atoms with Crippen LogP contribution in [0.5, 0.6) is 5.75 Å². The van der Waals surface area contributed by atoms with E-state index < -0.39 is 0 Å². The van der Waals surface area contributed by atoms with Gasteiger partial charge in [-0.3, -0.25) is 14.5 Å². The summed E-state index contributed by atoms with van der Waals surface area (Å²) in [5.74, 6) is 0.406. The molecule has 0 aliphatic carbocycles. The lowest BCUT2D eigenvalue weighted by Crippen LogP contribution is -2.45. The van der Waals surface area contributed by atoms with Gasteiger partial charge in [0.2, 0.25) is 0 Å². The quantitative estimate of drug-likeness (QED) is 0.859. The van der Waals surface area contributed by atoms with E-state index in [0.29, 0.717) is 18.0 Å². The first-order chi connectivity index (χ1) is 13.2. The summed E-state index contributed by atoms with van der Waals surface area (Å²) in [6.45, 7) is 4.58. The van der Waals surface area contributed by atoms with E-state index in [1.807, 2.05) is 0 Å². The molecule has 2 amide bonds. The van der Waals surface area contributed by atoms with Crippen molar-refractivity contribution in [3.8, 4) is 5.75 Å². The van der Waals surface area contributed by atoms with E-state index in [1.165, 1.54) is 6.26 Å². The van der Waals surface area contributed by atoms with Crippen molar-refractivity contribution >= 4 is 23.2 Å². The fourth-order valence-electron chi connectivity index (χ4n) is 3.19. The molecule has 0 bridgehead atoms. The molecule has 1 fully saturated rings. The van der Waals surface area contributed by atoms with Crippen molar-refractivity contribution in [3.63, 3.8) is 0 Å². The average molecular weight is 371 g/mol. The van der Waals surface area contributed by atoms with Crippen LogP contribution in [0.3, 0.4) is 0 Å². The monoisotopic (exact) mass is 371 g/mol. The van der Waals surface area contributed by atoms with Crippen LogP contribution < -0.4 is 15.0 Å². The van der Waals surface area contributed by atoms with Gasteiger partial charge in [0.25, 0.3) is 11.8 Å². The summed E-state index contributed by atoms with van der Waals surface area (Å²) in [6.07, 6.45) is 1.45. The van der Waals surface area contributed by atoms with Crippen molar-refractivity contribution in [3.05, 3.63) is 42.4 Å². The van der Waals surface area contributed by atoms with Crippen molar-refractivity contribution in [1.82, 2.24) is 4.90 Å². The lowest BCUT2D eigenvalue weighted by atomic mass is 10.2. The Bertz CT molecular complexity index is 815. The minimum Gasteiger partial charge on any atom is -0.481 e. The number of carbonyl (C=O) groups is 2. The molecule has 1 aromatic heterocycles. The van der Waals surface area contributed by atoms with Gasteiger partial charge in [0.1, 0.15) is 5.75 Å². The van der Waals surface area contributed by atoms with Gasteiger partial charge in [0, 0.05) is 37.9 Å². The summed E-state index contributed by atoms with van der Waals surface area (Å²) in [6, 6.07) is 8.52. The first-order valence-electron chi connectivity index (χ1n) is 8.93. The predicted molar refractivity (Wildman–Crippen MR) is 98.2 cm³/mol. The van der Waals surface area contributed by atoms with Crippen molar-refractivity contribution in [2.24, 2.45) is 0 Å². The average Bonchev–Trinajstić information content (AvgIpc) is 3.23. The topological polar surface area (TPSA) is 84.2 Å². The number of rotatable bonds is 5. The molecular weight excluding hydrogens is 350 g/mol. The van der Waals surface area contributed by atoms with Crippen LogP contribution in [0.2, 0.25) is 0 Å². The maximum atomic E-state index is 12.3. The number of amides is 2. The zero-order valence-electron chi connectivity index (χ0n) is 14.8. The van der Waals surface area contributed by atoms with E-state index in [9.17, 15) is 9.59 Å². The molecule has 8 heteroatoms. The Labute approximate surface area is 156 Å². The maximum Gasteiger partial charge on any atom is 0.291 e. The van der Waals surface area contributed by atoms with Crippen LogP contribution in [0.4, 0.5) is 11.4 Å². The molecule has 0 atom stereocenters. The molecule has 4 rings (SSSR count). The molecule has 0 saturated carbocycles. The van der Waals surface area contributed by atoms with Gasteiger partial charge in [-0.15, -0.1) is 0 Å². The number of furan rings is 1. The van der Waals surface area contributed by atoms with Crippen LogP contribution in [0.25, 0.3) is 0 Å². The Balaban J connectivity index is 1.45. The molecule has 142 valence electrons. The molecule has 1 aromatic carbocycles. The molecule has 1 saturated heterocycles. The molecule has 0 radical (unpaired) electrons. The number of morpholine rings is 1. The highest BCUT2D eigenvalue weighted by atomic mass is 16.5. The number of benzene rings is 1. The molecule has 0 spiro atoms. The first-order valence-corrected chi connectivity index (χ1v) is 8.93. The zero-order chi connectivity index (χ0) is 18.6. The van der Waals surface area contributed by atoms with E-state index in [2.05, 4.69) is 10.2 Å². The van der Waals surface area contributed by atoms with E-state index >= 15 is 0 Å². The van der Waals surface area contributed by atoms with Crippen LogP contribution in [-0.2, 0) is 9.53 Å². The highest BCUT2D eigenvalue weighted by Gasteiger charge is 2.26. The van der Waals surface area contributed by atoms with E-state index in [1.54, 1.807) is 35.2 Å². The maximum absolute atomic E-state index is 12.3. The highest BCUT2D eigenvalue weighted by Crippen LogP contribution is 2.34. The molecule has 0 unspecified atom stereocenters. The molecule has 8 nitrogen and oxygen atoms in total. The summed E-state index contributed by atoms with van der Waals surface area (Å²) in [7, 11) is 0. The van der Waals surface area contributed by atoms with Crippen molar-refractivity contribution in [2.75, 3.05) is 56.2 Å². The zero-order valence-corrected chi connectivity index (χ0v) is 14.8. The third-order valence-corrected chi connectivity index (χ3v) is 4.65. The Morgan fingerprint density at radius 3 is 2.78 bits per heavy atom. The molecule has 2 aliphatic rings. The van der Waals surface area contributed by atoms with Gasteiger partial charge in [0.15, 0.2) is 12.4 Å². The van der Waals surface area contributed by atoms with Crippen LogP contribution in [0.1, 0.15) is 10.6 Å². The van der Waals surface area contributed by atoms with E-state index in [0.717, 1.165) is 38.5 Å². The summed E-state index contributed by atoms with van der Waals surface area (Å²) < 4.78 is 16.0. The largest absolute Gasteiger partial charge is 0.481 e. The second kappa shape index (κ2) is 7.81. The summed E-state index contributed by atoms with van der Waals surface area (Å²) >= 11 is 0. The number of hydrogen-bond acceptors (Lipinski definition) is 6. The summed E-state index contributed by atoms with van der Waals surface area (Å²) in [5.41, 5.74) is 1.30. The summed E-state index contributed by atoms with van der Waals surface area (Å²) in [5, 5.41) is 2.77. The molecule has 1 N–H and O–H groups in total. The number of fused-ring (bicyclic) bond motifs is 1. The molecule has 27 heavy (non-hydrogen) atoms. The number of nitrogens with zero attached hydrogens (tertiary/aromatic N) is 2. The smallest absolute Gasteiger partial charge is 0.291 e. The Hall–Kier alpha value is -2.84. The Kier molecular flexibility index (Phi) is 5.08. The second-order valence-corrected chi connectivity index (χ2v) is 6.40. The van der Waals surface area contributed by atoms with Gasteiger partial charge in [-0.2, -0.15) is 0 Å². The number of hydrogen-bond donors (Lipinski definition) is 1. The van der Waals surface area contributed by atoms with Crippen LogP contribution in [0.15, 0.2) is 41.0 Å². The van der Waals surface area contributed by atoms with E-state index in [-0.39, 0.29) is 24.2 Å². The predicted octanol–water partition coefficient (Wildman–Crippen LogP) is 1.59. The molecular formula is C19H21N3O5. The first kappa shape index (κ1) is 17.6. The minimum atomic E-state index is -0.337. The van der Waals surface area contributed by atoms with Gasteiger partial charge in [-0.25, -0.2) is 0 Å². The summed E-state index contributed by atoms with van der Waals surface area (Å²) in [4.78, 5) is 28.5. The van der Waals surface area contributed by atoms with E-state index in [4.69, 9.17) is 13.9 Å². The Morgan fingerprint density at radius 1 is 1.15 bits per heavy atom. The fourth-order valence-corrected chi connectivity index (χ4v) is 3.19. The van der Waals surface area contributed by atoms with Gasteiger partial charge in [-0.1, -0.05) is 0 Å². The lowest BCUT2D eigenvalue weighted by molar-refractivity contribution is -0.121. The third-order valence-electron chi connectivity index (χ3n) is 4.65. The van der Waals surface area contributed by atoms with Crippen LogP contribution in [-0.4, -0.2) is 62.7 Å². The lowest BCUT2D eigenvalue weighted by Gasteiger charge is -2.33. The number of carbonyl (C=O) groups excluding carboxylic acids is 2. The fraction of sp³-hybridized carbons (Fsp3) is 0.368. The minimum absolute atomic E-state index is 0.00824. The standard InChI is InChI=1S/C19H21N3O5/c23-18-13-27-17-12-14(20-19(24)16-2-1-9-26-16)3-4-15(17)22(18)6-5-21-7-10-25-11-8-21/h1-4,9,12H,5-8,10-11,13H2,(H,20,24). The van der Waals surface area contributed by atoms with Gasteiger partial charge >= 0.3 is 0 Å². The second-order valence-electron chi connectivity index (χ2n) is 6.40. The van der Waals surface area contributed by atoms with Crippen molar-refractivity contribution < 1.29 is 23.5 Å². The third kappa shape index (κ3) is 3.96. The molecule has 2 aromatic rings. The van der Waals surface area contributed by atoms with Crippen molar-refractivity contribution in [2.45, 2.75) is 0 Å². The van der Waals surface area contributed by atoms with Gasteiger partial charge in [-0.05, 0) is 24.3 Å².